The van der Waals surface area contributed by atoms with Gasteiger partial charge in [-0.25, -0.2) is 0 Å². The van der Waals surface area contributed by atoms with Gasteiger partial charge < -0.3 is 5.32 Å². The van der Waals surface area contributed by atoms with Crippen LogP contribution in [0.15, 0.2) is 30.3 Å². The molecule has 1 amide bonds. The standard InChI is InChI=1S/C14H17N3O/c1-9(2)12-8-13(17-16-12)14(18)15-11-6-4-10(3)5-7-11/h4-9H,1-3H3,(H,15,18)(H,16,17). The summed E-state index contributed by atoms with van der Waals surface area (Å²) in [6.07, 6.45) is 0. The van der Waals surface area contributed by atoms with Crippen LogP contribution in [-0.4, -0.2) is 16.1 Å². The number of H-pyrrole nitrogens is 1. The second-order valence-electron chi connectivity index (χ2n) is 4.68. The minimum Gasteiger partial charge on any atom is -0.321 e. The lowest BCUT2D eigenvalue weighted by Crippen LogP contribution is -2.12. The molecule has 0 aliphatic rings. The zero-order chi connectivity index (χ0) is 13.1. The van der Waals surface area contributed by atoms with Crippen LogP contribution >= 0.6 is 0 Å². The smallest absolute Gasteiger partial charge is 0.276 e. The molecule has 0 bridgehead atoms. The molecule has 1 aromatic heterocycles. The van der Waals surface area contributed by atoms with Gasteiger partial charge in [0.2, 0.25) is 0 Å². The van der Waals surface area contributed by atoms with E-state index in [2.05, 4.69) is 29.4 Å². The summed E-state index contributed by atoms with van der Waals surface area (Å²) in [5.74, 6) is 0.139. The van der Waals surface area contributed by atoms with E-state index in [9.17, 15) is 4.79 Å². The monoisotopic (exact) mass is 243 g/mol. The molecule has 4 heteroatoms. The van der Waals surface area contributed by atoms with Gasteiger partial charge in [0.1, 0.15) is 0 Å². The zero-order valence-corrected chi connectivity index (χ0v) is 10.8. The van der Waals surface area contributed by atoms with E-state index in [1.54, 1.807) is 6.07 Å². The van der Waals surface area contributed by atoms with E-state index in [0.29, 0.717) is 11.6 Å². The fourth-order valence-corrected chi connectivity index (χ4v) is 1.58. The summed E-state index contributed by atoms with van der Waals surface area (Å²) < 4.78 is 0. The molecule has 0 atom stereocenters. The minimum absolute atomic E-state index is 0.193. The average Bonchev–Trinajstić information content (AvgIpc) is 2.81. The first-order valence-electron chi connectivity index (χ1n) is 5.99. The first-order valence-corrected chi connectivity index (χ1v) is 5.99. The highest BCUT2D eigenvalue weighted by Crippen LogP contribution is 2.14. The Labute approximate surface area is 106 Å². The van der Waals surface area contributed by atoms with Gasteiger partial charge in [-0.1, -0.05) is 31.5 Å². The molecule has 0 radical (unpaired) electrons. The lowest BCUT2D eigenvalue weighted by atomic mass is 10.1. The maximum absolute atomic E-state index is 11.9. The van der Waals surface area contributed by atoms with Crippen molar-refractivity contribution in [1.82, 2.24) is 10.2 Å². The predicted octanol–water partition coefficient (Wildman–Crippen LogP) is 3.09. The van der Waals surface area contributed by atoms with Gasteiger partial charge >= 0.3 is 0 Å². The van der Waals surface area contributed by atoms with E-state index >= 15 is 0 Å². The van der Waals surface area contributed by atoms with Crippen molar-refractivity contribution in [3.8, 4) is 0 Å². The molecule has 0 saturated carbocycles. The van der Waals surface area contributed by atoms with Crippen molar-refractivity contribution in [2.24, 2.45) is 0 Å². The third-order valence-electron chi connectivity index (χ3n) is 2.76. The predicted molar refractivity (Wildman–Crippen MR) is 71.8 cm³/mol. The maximum atomic E-state index is 11.9. The van der Waals surface area contributed by atoms with Crippen molar-refractivity contribution in [2.45, 2.75) is 26.7 Å². The Kier molecular flexibility index (Phi) is 3.46. The van der Waals surface area contributed by atoms with E-state index < -0.39 is 0 Å². The highest BCUT2D eigenvalue weighted by atomic mass is 16.1. The van der Waals surface area contributed by atoms with Gasteiger partial charge in [-0.05, 0) is 31.0 Å². The average molecular weight is 243 g/mol. The summed E-state index contributed by atoms with van der Waals surface area (Å²) >= 11 is 0. The summed E-state index contributed by atoms with van der Waals surface area (Å²) in [6, 6.07) is 9.46. The van der Waals surface area contributed by atoms with Crippen LogP contribution in [0.2, 0.25) is 0 Å². The molecule has 2 aromatic rings. The van der Waals surface area contributed by atoms with Crippen LogP contribution in [0.5, 0.6) is 0 Å². The quantitative estimate of drug-likeness (QED) is 0.870. The summed E-state index contributed by atoms with van der Waals surface area (Å²) in [5, 5.41) is 9.70. The number of amides is 1. The molecular weight excluding hydrogens is 226 g/mol. The number of hydrogen-bond donors (Lipinski definition) is 2. The zero-order valence-electron chi connectivity index (χ0n) is 10.8. The molecule has 4 nitrogen and oxygen atoms in total. The van der Waals surface area contributed by atoms with Crippen molar-refractivity contribution >= 4 is 11.6 Å². The second kappa shape index (κ2) is 5.04. The number of nitrogens with one attached hydrogen (secondary N) is 2. The molecule has 2 rings (SSSR count). The van der Waals surface area contributed by atoms with Crippen LogP contribution in [0.4, 0.5) is 5.69 Å². The topological polar surface area (TPSA) is 57.8 Å². The van der Waals surface area contributed by atoms with Crippen molar-refractivity contribution in [2.75, 3.05) is 5.32 Å². The van der Waals surface area contributed by atoms with Gasteiger partial charge in [-0.2, -0.15) is 5.10 Å². The normalized spacial score (nSPS) is 10.7. The molecule has 2 N–H and O–H groups in total. The first kappa shape index (κ1) is 12.4. The summed E-state index contributed by atoms with van der Waals surface area (Å²) in [4.78, 5) is 11.9. The summed E-state index contributed by atoms with van der Waals surface area (Å²) in [7, 11) is 0. The van der Waals surface area contributed by atoms with Crippen LogP contribution < -0.4 is 5.32 Å². The Balaban J connectivity index is 2.09. The van der Waals surface area contributed by atoms with Gasteiger partial charge in [0.05, 0.1) is 0 Å². The molecule has 0 spiro atoms. The van der Waals surface area contributed by atoms with Crippen molar-refractivity contribution in [3.05, 3.63) is 47.3 Å². The summed E-state index contributed by atoms with van der Waals surface area (Å²) in [5.41, 5.74) is 3.32. The molecule has 1 aromatic carbocycles. The molecule has 0 aliphatic carbocycles. The Bertz CT molecular complexity index is 540. The lowest BCUT2D eigenvalue weighted by molar-refractivity contribution is 0.102. The first-order chi connectivity index (χ1) is 8.56. The molecule has 0 saturated heterocycles. The Morgan fingerprint density at radius 3 is 2.50 bits per heavy atom. The van der Waals surface area contributed by atoms with Crippen LogP contribution in [-0.2, 0) is 0 Å². The molecule has 18 heavy (non-hydrogen) atoms. The van der Waals surface area contributed by atoms with E-state index in [1.165, 1.54) is 0 Å². The Hall–Kier alpha value is -2.10. The van der Waals surface area contributed by atoms with Crippen LogP contribution in [0.25, 0.3) is 0 Å². The van der Waals surface area contributed by atoms with Gasteiger partial charge in [0.25, 0.3) is 5.91 Å². The van der Waals surface area contributed by atoms with Gasteiger partial charge in [0.15, 0.2) is 5.69 Å². The number of aromatic nitrogens is 2. The van der Waals surface area contributed by atoms with Gasteiger partial charge in [0, 0.05) is 11.4 Å². The van der Waals surface area contributed by atoms with Crippen molar-refractivity contribution in [1.29, 1.82) is 0 Å². The van der Waals surface area contributed by atoms with E-state index in [0.717, 1.165) is 16.9 Å². The van der Waals surface area contributed by atoms with Gasteiger partial charge in [-0.3, -0.25) is 9.89 Å². The summed E-state index contributed by atoms with van der Waals surface area (Å²) in [6.45, 7) is 6.11. The molecule has 0 unspecified atom stereocenters. The molecule has 1 heterocycles. The third-order valence-corrected chi connectivity index (χ3v) is 2.76. The van der Waals surface area contributed by atoms with Gasteiger partial charge in [-0.15, -0.1) is 0 Å². The largest absolute Gasteiger partial charge is 0.321 e. The number of aryl methyl sites for hydroxylation is 1. The Morgan fingerprint density at radius 1 is 1.28 bits per heavy atom. The van der Waals surface area contributed by atoms with Crippen molar-refractivity contribution < 1.29 is 4.79 Å². The van der Waals surface area contributed by atoms with Crippen LogP contribution in [0.3, 0.4) is 0 Å². The molecule has 94 valence electrons. The number of benzene rings is 1. The van der Waals surface area contributed by atoms with E-state index in [1.807, 2.05) is 31.2 Å². The number of carbonyl (C=O) groups is 1. The Morgan fingerprint density at radius 2 is 1.94 bits per heavy atom. The lowest BCUT2D eigenvalue weighted by Gasteiger charge is -2.03. The number of anilines is 1. The number of aromatic amines is 1. The van der Waals surface area contributed by atoms with Crippen molar-refractivity contribution in [3.63, 3.8) is 0 Å². The SMILES string of the molecule is Cc1ccc(NC(=O)c2cc(C(C)C)[nH]n2)cc1. The second-order valence-corrected chi connectivity index (χ2v) is 4.68. The number of hydrogen-bond acceptors (Lipinski definition) is 2. The van der Waals surface area contributed by atoms with E-state index in [4.69, 9.17) is 0 Å². The highest BCUT2D eigenvalue weighted by Gasteiger charge is 2.12. The third kappa shape index (κ3) is 2.77. The van der Waals surface area contributed by atoms with E-state index in [-0.39, 0.29) is 5.91 Å². The molecule has 0 aliphatic heterocycles. The maximum Gasteiger partial charge on any atom is 0.276 e. The highest BCUT2D eigenvalue weighted by molar-refractivity contribution is 6.02. The molecular formula is C14H17N3O. The molecule has 0 fully saturated rings. The fourth-order valence-electron chi connectivity index (χ4n) is 1.58. The number of nitrogens with zero attached hydrogens (tertiary/aromatic N) is 1. The van der Waals surface area contributed by atoms with Crippen LogP contribution in [0.1, 0.15) is 41.5 Å². The number of carbonyl (C=O) groups excluding carboxylic acids is 1. The fraction of sp³-hybridized carbons (Fsp3) is 0.286. The number of rotatable bonds is 3. The van der Waals surface area contributed by atoms with Crippen LogP contribution in [0, 0.1) is 6.92 Å². The minimum atomic E-state index is -0.193.